The Morgan fingerprint density at radius 1 is 1.33 bits per heavy atom. The van der Waals surface area contributed by atoms with E-state index in [1.165, 1.54) is 11.2 Å². The molecule has 0 aliphatic heterocycles. The third kappa shape index (κ3) is 3.62. The van der Waals surface area contributed by atoms with Crippen molar-refractivity contribution in [2.75, 3.05) is 6.54 Å². The van der Waals surface area contributed by atoms with Crippen molar-refractivity contribution in [1.29, 1.82) is 0 Å². The van der Waals surface area contributed by atoms with Gasteiger partial charge in [-0.3, -0.25) is 4.79 Å². The number of nitrogens with zero attached hydrogens (tertiary/aromatic N) is 4. The Kier molecular flexibility index (Phi) is 5.20. The van der Waals surface area contributed by atoms with Crippen LogP contribution in [0.4, 0.5) is 0 Å². The summed E-state index contributed by atoms with van der Waals surface area (Å²) in [5.74, 6) is 0.795. The minimum absolute atomic E-state index is 0.0858. The Labute approximate surface area is 141 Å². The smallest absolute Gasteiger partial charge is 0.246 e. The molecule has 1 aromatic carbocycles. The van der Waals surface area contributed by atoms with Crippen molar-refractivity contribution in [2.24, 2.45) is 11.7 Å². The zero-order valence-electron chi connectivity index (χ0n) is 13.9. The summed E-state index contributed by atoms with van der Waals surface area (Å²) in [5, 5.41) is 15.5. The van der Waals surface area contributed by atoms with E-state index in [9.17, 15) is 4.79 Å². The quantitative estimate of drug-likeness (QED) is 0.867. The van der Waals surface area contributed by atoms with Gasteiger partial charge < -0.3 is 11.1 Å². The molecule has 1 aliphatic rings. The molecule has 7 nitrogen and oxygen atoms in total. The fraction of sp³-hybridized carbons (Fsp3) is 0.529. The summed E-state index contributed by atoms with van der Waals surface area (Å²) in [5.41, 5.74) is 6.71. The van der Waals surface area contributed by atoms with Crippen molar-refractivity contribution >= 4 is 5.91 Å². The molecule has 1 aliphatic carbocycles. The molecule has 7 heteroatoms. The Balaban J connectivity index is 1.66. The van der Waals surface area contributed by atoms with Gasteiger partial charge in [0.25, 0.3) is 0 Å². The predicted octanol–water partition coefficient (Wildman–Crippen LogP) is 1.53. The molecule has 1 heterocycles. The van der Waals surface area contributed by atoms with E-state index in [1.54, 1.807) is 6.92 Å². The first-order valence-corrected chi connectivity index (χ1v) is 8.54. The molecule has 0 saturated heterocycles. The van der Waals surface area contributed by atoms with E-state index in [0.717, 1.165) is 24.8 Å². The summed E-state index contributed by atoms with van der Waals surface area (Å²) in [6.45, 7) is 2.39. The molecule has 0 radical (unpaired) electrons. The minimum Gasteiger partial charge on any atom is -0.351 e. The van der Waals surface area contributed by atoms with Gasteiger partial charge in [0, 0.05) is 11.6 Å². The van der Waals surface area contributed by atoms with Gasteiger partial charge in [0.1, 0.15) is 6.04 Å². The van der Waals surface area contributed by atoms with Crippen LogP contribution in [0.5, 0.6) is 0 Å². The number of rotatable bonds is 5. The summed E-state index contributed by atoms with van der Waals surface area (Å²) in [6.07, 6.45) is 4.39. The number of carbonyl (C=O) groups is 1. The van der Waals surface area contributed by atoms with Crippen molar-refractivity contribution in [3.63, 3.8) is 0 Å². The standard InChI is InChI=1S/C17H24N6O/c1-12(17(24)19-15-10-6-5-9-14(15)11-18)23-21-16(20-22-23)13-7-3-2-4-8-13/h2-4,7-8,12,14-15H,5-6,9-11,18H2,1H3,(H,19,24). The lowest BCUT2D eigenvalue weighted by Crippen LogP contribution is -2.46. The Morgan fingerprint density at radius 2 is 2.08 bits per heavy atom. The molecule has 3 atom stereocenters. The van der Waals surface area contributed by atoms with Crippen LogP contribution in [0.2, 0.25) is 0 Å². The van der Waals surface area contributed by atoms with E-state index in [1.807, 2.05) is 30.3 Å². The van der Waals surface area contributed by atoms with E-state index >= 15 is 0 Å². The van der Waals surface area contributed by atoms with Crippen LogP contribution in [-0.4, -0.2) is 38.7 Å². The molecule has 3 N–H and O–H groups in total. The zero-order chi connectivity index (χ0) is 16.9. The highest BCUT2D eigenvalue weighted by Crippen LogP contribution is 2.24. The molecule has 3 unspecified atom stereocenters. The highest BCUT2D eigenvalue weighted by Gasteiger charge is 2.28. The van der Waals surface area contributed by atoms with Crippen LogP contribution in [0.25, 0.3) is 11.4 Å². The van der Waals surface area contributed by atoms with Crippen LogP contribution < -0.4 is 11.1 Å². The number of amides is 1. The van der Waals surface area contributed by atoms with Gasteiger partial charge in [0.2, 0.25) is 11.7 Å². The normalized spacial score (nSPS) is 22.1. The van der Waals surface area contributed by atoms with Crippen LogP contribution in [0.3, 0.4) is 0 Å². The lowest BCUT2D eigenvalue weighted by molar-refractivity contribution is -0.125. The number of tetrazole rings is 1. The maximum Gasteiger partial charge on any atom is 0.246 e. The summed E-state index contributed by atoms with van der Waals surface area (Å²) in [6, 6.07) is 9.25. The first-order chi connectivity index (χ1) is 11.7. The molecule has 0 bridgehead atoms. The van der Waals surface area contributed by atoms with Crippen molar-refractivity contribution < 1.29 is 4.79 Å². The highest BCUT2D eigenvalue weighted by atomic mass is 16.2. The van der Waals surface area contributed by atoms with Crippen molar-refractivity contribution in [2.45, 2.75) is 44.7 Å². The zero-order valence-corrected chi connectivity index (χ0v) is 13.9. The van der Waals surface area contributed by atoms with Gasteiger partial charge in [0.15, 0.2) is 0 Å². The van der Waals surface area contributed by atoms with Gasteiger partial charge in [-0.05, 0) is 37.4 Å². The molecule has 3 rings (SSSR count). The summed E-state index contributed by atoms with van der Waals surface area (Å²) in [4.78, 5) is 13.9. The van der Waals surface area contributed by atoms with Crippen LogP contribution in [0.1, 0.15) is 38.6 Å². The SMILES string of the molecule is CC(C(=O)NC1CCCCC1CN)n1nnc(-c2ccccc2)n1. The monoisotopic (exact) mass is 328 g/mol. The van der Waals surface area contributed by atoms with E-state index in [4.69, 9.17) is 5.73 Å². The predicted molar refractivity (Wildman–Crippen MR) is 90.9 cm³/mol. The number of hydrogen-bond acceptors (Lipinski definition) is 5. The number of aromatic nitrogens is 4. The molecule has 0 spiro atoms. The van der Waals surface area contributed by atoms with Crippen LogP contribution in [0, 0.1) is 5.92 Å². The van der Waals surface area contributed by atoms with Gasteiger partial charge in [-0.1, -0.05) is 43.2 Å². The third-order valence-electron chi connectivity index (χ3n) is 4.73. The largest absolute Gasteiger partial charge is 0.351 e. The maximum absolute atomic E-state index is 12.5. The minimum atomic E-state index is -0.504. The van der Waals surface area contributed by atoms with Gasteiger partial charge in [0.05, 0.1) is 0 Å². The lowest BCUT2D eigenvalue weighted by atomic mass is 9.84. The molecule has 2 aromatic rings. The van der Waals surface area contributed by atoms with Crippen molar-refractivity contribution in [3.05, 3.63) is 30.3 Å². The summed E-state index contributed by atoms with van der Waals surface area (Å²) in [7, 11) is 0. The fourth-order valence-electron chi connectivity index (χ4n) is 3.18. The fourth-order valence-corrected chi connectivity index (χ4v) is 3.18. The van der Waals surface area contributed by atoms with E-state index in [0.29, 0.717) is 18.3 Å². The van der Waals surface area contributed by atoms with Gasteiger partial charge in [-0.2, -0.15) is 4.80 Å². The maximum atomic E-state index is 12.5. The van der Waals surface area contributed by atoms with E-state index in [-0.39, 0.29) is 11.9 Å². The molecule has 1 fully saturated rings. The average Bonchev–Trinajstić information content (AvgIpc) is 3.12. The average molecular weight is 328 g/mol. The van der Waals surface area contributed by atoms with Crippen molar-refractivity contribution in [3.8, 4) is 11.4 Å². The summed E-state index contributed by atoms with van der Waals surface area (Å²) >= 11 is 0. The number of carbonyl (C=O) groups excluding carboxylic acids is 1. The second kappa shape index (κ2) is 7.53. The number of benzene rings is 1. The molecular weight excluding hydrogens is 304 g/mol. The number of nitrogens with two attached hydrogens (primary N) is 1. The number of nitrogens with one attached hydrogen (secondary N) is 1. The highest BCUT2D eigenvalue weighted by molar-refractivity contribution is 5.80. The topological polar surface area (TPSA) is 98.7 Å². The first kappa shape index (κ1) is 16.6. The van der Waals surface area contributed by atoms with E-state index < -0.39 is 6.04 Å². The van der Waals surface area contributed by atoms with Crippen molar-refractivity contribution in [1.82, 2.24) is 25.5 Å². The van der Waals surface area contributed by atoms with Crippen LogP contribution in [0.15, 0.2) is 30.3 Å². The van der Waals surface area contributed by atoms with Gasteiger partial charge in [-0.15, -0.1) is 10.2 Å². The second-order valence-corrected chi connectivity index (χ2v) is 6.37. The van der Waals surface area contributed by atoms with Gasteiger partial charge >= 0.3 is 0 Å². The molecule has 128 valence electrons. The van der Waals surface area contributed by atoms with E-state index in [2.05, 4.69) is 20.7 Å². The van der Waals surface area contributed by atoms with Crippen LogP contribution >= 0.6 is 0 Å². The molecule has 1 amide bonds. The molecule has 1 aromatic heterocycles. The van der Waals surface area contributed by atoms with Gasteiger partial charge in [-0.25, -0.2) is 0 Å². The Hall–Kier alpha value is -2.28. The number of hydrogen-bond donors (Lipinski definition) is 2. The Morgan fingerprint density at radius 3 is 2.83 bits per heavy atom. The molecule has 24 heavy (non-hydrogen) atoms. The first-order valence-electron chi connectivity index (χ1n) is 8.54. The second-order valence-electron chi connectivity index (χ2n) is 6.37. The molecule has 1 saturated carbocycles. The Bertz CT molecular complexity index is 671. The summed E-state index contributed by atoms with van der Waals surface area (Å²) < 4.78 is 0. The van der Waals surface area contributed by atoms with Crippen LogP contribution in [-0.2, 0) is 4.79 Å². The lowest BCUT2D eigenvalue weighted by Gasteiger charge is -2.31. The third-order valence-corrected chi connectivity index (χ3v) is 4.73. The molecular formula is C17H24N6O.